The lowest BCUT2D eigenvalue weighted by Crippen LogP contribution is -2.54. The molecular weight excluding hydrogens is 300 g/mol. The number of nitrogens with zero attached hydrogens (tertiary/aromatic N) is 1. The summed E-state index contributed by atoms with van der Waals surface area (Å²) < 4.78 is 11.4. The second kappa shape index (κ2) is 6.36. The lowest BCUT2D eigenvalue weighted by molar-refractivity contribution is -0.150. The van der Waals surface area contributed by atoms with Gasteiger partial charge in [0.25, 0.3) is 0 Å². The van der Waals surface area contributed by atoms with Crippen molar-refractivity contribution in [3.8, 4) is 0 Å². The maximum absolute atomic E-state index is 11.9. The SMILES string of the molecule is CCOC(=O)C1CNCCN1Cc1occc1Br. The zero-order valence-electron chi connectivity index (χ0n) is 10.3. The third-order valence-electron chi connectivity index (χ3n) is 2.95. The number of hydrogen-bond donors (Lipinski definition) is 1. The van der Waals surface area contributed by atoms with Gasteiger partial charge in [-0.25, -0.2) is 0 Å². The van der Waals surface area contributed by atoms with Gasteiger partial charge in [-0.3, -0.25) is 9.69 Å². The molecule has 5 nitrogen and oxygen atoms in total. The average Bonchev–Trinajstić information content (AvgIpc) is 2.76. The molecule has 1 fully saturated rings. The monoisotopic (exact) mass is 316 g/mol. The Bertz CT molecular complexity index is 408. The Morgan fingerprint density at radius 3 is 3.22 bits per heavy atom. The number of ether oxygens (including phenoxy) is 1. The number of carbonyl (C=O) groups is 1. The first-order valence-corrected chi connectivity index (χ1v) is 6.85. The number of hydrogen-bond acceptors (Lipinski definition) is 5. The number of rotatable bonds is 4. The van der Waals surface area contributed by atoms with Gasteiger partial charge < -0.3 is 14.5 Å². The molecule has 0 radical (unpaired) electrons. The van der Waals surface area contributed by atoms with Crippen LogP contribution in [0, 0.1) is 0 Å². The first kappa shape index (κ1) is 13.6. The van der Waals surface area contributed by atoms with Gasteiger partial charge in [0.2, 0.25) is 0 Å². The fraction of sp³-hybridized carbons (Fsp3) is 0.583. The van der Waals surface area contributed by atoms with Crippen LogP contribution in [-0.2, 0) is 16.1 Å². The topological polar surface area (TPSA) is 54.7 Å². The van der Waals surface area contributed by atoms with E-state index in [-0.39, 0.29) is 12.0 Å². The number of piperazine rings is 1. The number of carbonyl (C=O) groups excluding carboxylic acids is 1. The van der Waals surface area contributed by atoms with E-state index in [0.29, 0.717) is 19.7 Å². The predicted octanol–water partition coefficient (Wildman–Crippen LogP) is 1.38. The van der Waals surface area contributed by atoms with Gasteiger partial charge in [0.15, 0.2) is 0 Å². The zero-order chi connectivity index (χ0) is 13.0. The molecule has 0 bridgehead atoms. The van der Waals surface area contributed by atoms with Crippen molar-refractivity contribution >= 4 is 21.9 Å². The summed E-state index contributed by atoms with van der Waals surface area (Å²) in [5, 5.41) is 3.21. The highest BCUT2D eigenvalue weighted by atomic mass is 79.9. The predicted molar refractivity (Wildman–Crippen MR) is 70.1 cm³/mol. The first-order valence-electron chi connectivity index (χ1n) is 6.05. The molecule has 0 aliphatic carbocycles. The summed E-state index contributed by atoms with van der Waals surface area (Å²) in [6.45, 7) is 5.13. The van der Waals surface area contributed by atoms with Crippen molar-refractivity contribution in [2.75, 3.05) is 26.2 Å². The van der Waals surface area contributed by atoms with Gasteiger partial charge >= 0.3 is 5.97 Å². The number of nitrogens with one attached hydrogen (secondary N) is 1. The van der Waals surface area contributed by atoms with Crippen molar-refractivity contribution in [3.05, 3.63) is 22.6 Å². The van der Waals surface area contributed by atoms with E-state index in [0.717, 1.165) is 23.3 Å². The summed E-state index contributed by atoms with van der Waals surface area (Å²) >= 11 is 3.43. The van der Waals surface area contributed by atoms with Crippen molar-refractivity contribution in [1.29, 1.82) is 0 Å². The van der Waals surface area contributed by atoms with Crippen molar-refractivity contribution in [3.63, 3.8) is 0 Å². The van der Waals surface area contributed by atoms with Crippen LogP contribution in [0.5, 0.6) is 0 Å². The Morgan fingerprint density at radius 2 is 2.56 bits per heavy atom. The highest BCUT2D eigenvalue weighted by Gasteiger charge is 2.30. The molecule has 0 spiro atoms. The van der Waals surface area contributed by atoms with Crippen molar-refractivity contribution in [1.82, 2.24) is 10.2 Å². The lowest BCUT2D eigenvalue weighted by Gasteiger charge is -2.33. The minimum atomic E-state index is -0.240. The fourth-order valence-corrected chi connectivity index (χ4v) is 2.36. The first-order chi connectivity index (χ1) is 8.72. The molecule has 1 N–H and O–H groups in total. The Labute approximate surface area is 115 Å². The minimum absolute atomic E-state index is 0.174. The number of furan rings is 1. The molecule has 0 aromatic carbocycles. The Balaban J connectivity index is 2.04. The summed E-state index contributed by atoms with van der Waals surface area (Å²) in [6, 6.07) is 1.62. The van der Waals surface area contributed by atoms with Crippen molar-refractivity contribution < 1.29 is 13.9 Å². The lowest BCUT2D eigenvalue weighted by atomic mass is 10.2. The van der Waals surface area contributed by atoms with Crippen LogP contribution in [0.3, 0.4) is 0 Å². The van der Waals surface area contributed by atoms with Crippen LogP contribution in [0.1, 0.15) is 12.7 Å². The molecule has 6 heteroatoms. The van der Waals surface area contributed by atoms with Crippen molar-refractivity contribution in [2.24, 2.45) is 0 Å². The maximum Gasteiger partial charge on any atom is 0.324 e. The van der Waals surface area contributed by atoms with Crippen molar-refractivity contribution in [2.45, 2.75) is 19.5 Å². The summed E-state index contributed by atoms with van der Waals surface area (Å²) in [5.41, 5.74) is 0. The molecule has 100 valence electrons. The van der Waals surface area contributed by atoms with Crippen LogP contribution in [0.4, 0.5) is 0 Å². The van der Waals surface area contributed by atoms with Gasteiger partial charge in [0.1, 0.15) is 11.8 Å². The normalized spacial score (nSPS) is 20.9. The second-order valence-electron chi connectivity index (χ2n) is 4.13. The molecule has 1 saturated heterocycles. The van der Waals surface area contributed by atoms with E-state index >= 15 is 0 Å². The van der Waals surface area contributed by atoms with E-state index in [1.54, 1.807) is 6.26 Å². The molecule has 1 aliphatic heterocycles. The molecule has 0 amide bonds. The summed E-state index contributed by atoms with van der Waals surface area (Å²) in [4.78, 5) is 14.0. The third kappa shape index (κ3) is 3.13. The van der Waals surface area contributed by atoms with Crippen LogP contribution in [0.15, 0.2) is 21.2 Å². The minimum Gasteiger partial charge on any atom is -0.467 e. The van der Waals surface area contributed by atoms with Gasteiger partial charge in [-0.15, -0.1) is 0 Å². The maximum atomic E-state index is 11.9. The molecule has 2 heterocycles. The molecule has 1 atom stereocenters. The summed E-state index contributed by atoms with van der Waals surface area (Å²) in [5.74, 6) is 0.665. The summed E-state index contributed by atoms with van der Waals surface area (Å²) in [7, 11) is 0. The fourth-order valence-electron chi connectivity index (χ4n) is 2.03. The van der Waals surface area contributed by atoms with Gasteiger partial charge in [-0.05, 0) is 28.9 Å². The van der Waals surface area contributed by atoms with Crippen LogP contribution in [0.25, 0.3) is 0 Å². The zero-order valence-corrected chi connectivity index (χ0v) is 11.9. The molecule has 1 aromatic heterocycles. The Hall–Kier alpha value is -0.850. The molecule has 1 unspecified atom stereocenters. The Kier molecular flexibility index (Phi) is 4.79. The molecule has 2 rings (SSSR count). The van der Waals surface area contributed by atoms with Crippen LogP contribution < -0.4 is 5.32 Å². The Morgan fingerprint density at radius 1 is 1.72 bits per heavy atom. The van der Waals surface area contributed by atoms with Gasteiger partial charge in [0.05, 0.1) is 23.9 Å². The van der Waals surface area contributed by atoms with Gasteiger partial charge in [-0.2, -0.15) is 0 Å². The average molecular weight is 317 g/mol. The highest BCUT2D eigenvalue weighted by Crippen LogP contribution is 2.21. The second-order valence-corrected chi connectivity index (χ2v) is 4.99. The molecular formula is C12H17BrN2O3. The molecule has 0 saturated carbocycles. The molecule has 18 heavy (non-hydrogen) atoms. The van der Waals surface area contributed by atoms with E-state index in [1.807, 2.05) is 13.0 Å². The van der Waals surface area contributed by atoms with Crippen LogP contribution >= 0.6 is 15.9 Å². The third-order valence-corrected chi connectivity index (χ3v) is 3.66. The van der Waals surface area contributed by atoms with E-state index in [1.165, 1.54) is 0 Å². The van der Waals surface area contributed by atoms with Gasteiger partial charge in [0, 0.05) is 19.6 Å². The highest BCUT2D eigenvalue weighted by molar-refractivity contribution is 9.10. The molecule has 1 aliphatic rings. The van der Waals surface area contributed by atoms with E-state index in [4.69, 9.17) is 9.15 Å². The van der Waals surface area contributed by atoms with Gasteiger partial charge in [-0.1, -0.05) is 0 Å². The van der Waals surface area contributed by atoms with E-state index in [2.05, 4.69) is 26.1 Å². The van der Waals surface area contributed by atoms with Crippen LogP contribution in [0.2, 0.25) is 0 Å². The standard InChI is InChI=1S/C12H17BrN2O3/c1-2-17-12(16)10-7-14-4-5-15(10)8-11-9(13)3-6-18-11/h3,6,10,14H,2,4-5,7-8H2,1H3. The van der Waals surface area contributed by atoms with E-state index in [9.17, 15) is 4.79 Å². The smallest absolute Gasteiger partial charge is 0.324 e. The number of esters is 1. The van der Waals surface area contributed by atoms with Crippen LogP contribution in [-0.4, -0.2) is 43.2 Å². The largest absolute Gasteiger partial charge is 0.467 e. The number of halogens is 1. The molecule has 1 aromatic rings. The summed E-state index contributed by atoms with van der Waals surface area (Å²) in [6.07, 6.45) is 1.64. The quantitative estimate of drug-likeness (QED) is 0.850. The van der Waals surface area contributed by atoms with E-state index < -0.39 is 0 Å².